The molecule has 0 radical (unpaired) electrons. The molecule has 4 nitrogen and oxygen atoms in total. The van der Waals surface area contributed by atoms with E-state index in [0.29, 0.717) is 6.54 Å². The van der Waals surface area contributed by atoms with Gasteiger partial charge in [0.1, 0.15) is 6.04 Å². The van der Waals surface area contributed by atoms with Crippen molar-refractivity contribution >= 4 is 30.8 Å². The van der Waals surface area contributed by atoms with E-state index in [9.17, 15) is 4.79 Å². The highest BCUT2D eigenvalue weighted by Gasteiger charge is 2.24. The van der Waals surface area contributed by atoms with E-state index in [-0.39, 0.29) is 36.8 Å². The fourth-order valence-corrected chi connectivity index (χ4v) is 1.40. The Morgan fingerprint density at radius 2 is 2.14 bits per heavy atom. The van der Waals surface area contributed by atoms with Crippen molar-refractivity contribution in [2.75, 3.05) is 33.8 Å². The number of rotatable bonds is 1. The Labute approximate surface area is 97.2 Å². The van der Waals surface area contributed by atoms with Crippen LogP contribution in [0.5, 0.6) is 0 Å². The normalized spacial score (nSPS) is 22.6. The second kappa shape index (κ2) is 8.29. The van der Waals surface area contributed by atoms with Crippen LogP contribution in [0.15, 0.2) is 0 Å². The molecule has 1 aliphatic heterocycles. The van der Waals surface area contributed by atoms with Crippen LogP contribution in [0.1, 0.15) is 6.42 Å². The standard InChI is InChI=1S/C8H16N2O2.2ClH/c1-10-5-3-4-9-6-7(10)8(11)12-2;;/h7,9H,3-6H2,1-2H3;2*1H. The van der Waals surface area contributed by atoms with Crippen molar-refractivity contribution in [2.45, 2.75) is 12.5 Å². The Hall–Kier alpha value is -0.0300. The van der Waals surface area contributed by atoms with Crippen molar-refractivity contribution in [1.82, 2.24) is 10.2 Å². The van der Waals surface area contributed by atoms with Crippen LogP contribution < -0.4 is 5.32 Å². The molecule has 1 fully saturated rings. The molecule has 14 heavy (non-hydrogen) atoms. The number of esters is 1. The van der Waals surface area contributed by atoms with E-state index in [0.717, 1.165) is 19.5 Å². The number of carbonyl (C=O) groups excluding carboxylic acids is 1. The molecule has 0 saturated carbocycles. The van der Waals surface area contributed by atoms with Crippen molar-refractivity contribution in [3.8, 4) is 0 Å². The van der Waals surface area contributed by atoms with Crippen LogP contribution in [0, 0.1) is 0 Å². The first-order valence-corrected chi connectivity index (χ1v) is 4.24. The molecule has 1 atom stereocenters. The zero-order valence-corrected chi connectivity index (χ0v) is 10.1. The molecule has 0 bridgehead atoms. The fraction of sp³-hybridized carbons (Fsp3) is 0.875. The third-order valence-corrected chi connectivity index (χ3v) is 2.21. The molecule has 0 aromatic heterocycles. The Kier molecular flexibility index (Phi) is 9.72. The van der Waals surface area contributed by atoms with Crippen LogP contribution >= 0.6 is 24.8 Å². The summed E-state index contributed by atoms with van der Waals surface area (Å²) in [4.78, 5) is 13.3. The molecule has 0 amide bonds. The quantitative estimate of drug-likeness (QED) is 0.674. The predicted octanol–water partition coefficient (Wildman–Crippen LogP) is 0.297. The molecule has 1 rings (SSSR count). The molecule has 0 aromatic carbocycles. The van der Waals surface area contributed by atoms with Gasteiger partial charge in [-0.2, -0.15) is 0 Å². The zero-order valence-electron chi connectivity index (χ0n) is 8.49. The largest absolute Gasteiger partial charge is 0.468 e. The number of ether oxygens (including phenoxy) is 1. The van der Waals surface area contributed by atoms with Gasteiger partial charge in [-0.3, -0.25) is 9.69 Å². The highest BCUT2D eigenvalue weighted by Crippen LogP contribution is 2.02. The van der Waals surface area contributed by atoms with Gasteiger partial charge in [0.2, 0.25) is 0 Å². The van der Waals surface area contributed by atoms with Crippen molar-refractivity contribution < 1.29 is 9.53 Å². The number of hydrogen-bond acceptors (Lipinski definition) is 4. The van der Waals surface area contributed by atoms with E-state index >= 15 is 0 Å². The van der Waals surface area contributed by atoms with Crippen LogP contribution in [-0.4, -0.2) is 50.7 Å². The lowest BCUT2D eigenvalue weighted by Crippen LogP contribution is -2.43. The van der Waals surface area contributed by atoms with Gasteiger partial charge in [0.15, 0.2) is 0 Å². The van der Waals surface area contributed by atoms with Crippen LogP contribution in [0.3, 0.4) is 0 Å². The summed E-state index contributed by atoms with van der Waals surface area (Å²) in [7, 11) is 3.38. The zero-order chi connectivity index (χ0) is 8.97. The Balaban J connectivity index is 0. The van der Waals surface area contributed by atoms with Gasteiger partial charge < -0.3 is 10.1 Å². The van der Waals surface area contributed by atoms with Crippen LogP contribution in [-0.2, 0) is 9.53 Å². The van der Waals surface area contributed by atoms with Gasteiger partial charge in [0.05, 0.1) is 7.11 Å². The average Bonchev–Trinajstić information content (AvgIpc) is 2.28. The van der Waals surface area contributed by atoms with Gasteiger partial charge in [-0.25, -0.2) is 0 Å². The van der Waals surface area contributed by atoms with Gasteiger partial charge in [0.25, 0.3) is 0 Å². The number of halogens is 2. The SMILES string of the molecule is COC(=O)C1CNCCCN1C.Cl.Cl. The third kappa shape index (κ3) is 4.46. The van der Waals surface area contributed by atoms with Crippen LogP contribution in [0.25, 0.3) is 0 Å². The molecule has 0 aliphatic carbocycles. The molecular formula is C8H18Cl2N2O2. The lowest BCUT2D eigenvalue weighted by Gasteiger charge is -2.22. The summed E-state index contributed by atoms with van der Waals surface area (Å²) in [5.41, 5.74) is 0. The monoisotopic (exact) mass is 244 g/mol. The molecule has 1 N–H and O–H groups in total. The summed E-state index contributed by atoms with van der Waals surface area (Å²) in [6.07, 6.45) is 1.09. The number of carbonyl (C=O) groups is 1. The predicted molar refractivity (Wildman–Crippen MR) is 60.4 cm³/mol. The van der Waals surface area contributed by atoms with Crippen molar-refractivity contribution in [1.29, 1.82) is 0 Å². The first-order chi connectivity index (χ1) is 5.75. The second-order valence-electron chi connectivity index (χ2n) is 3.08. The summed E-state index contributed by atoms with van der Waals surface area (Å²) in [6, 6.07) is -0.113. The first-order valence-electron chi connectivity index (χ1n) is 4.24. The van der Waals surface area contributed by atoms with E-state index in [2.05, 4.69) is 5.32 Å². The van der Waals surface area contributed by atoms with Crippen molar-refractivity contribution in [3.63, 3.8) is 0 Å². The lowest BCUT2D eigenvalue weighted by atomic mass is 10.2. The number of methoxy groups -OCH3 is 1. The van der Waals surface area contributed by atoms with E-state index in [4.69, 9.17) is 4.74 Å². The first kappa shape index (κ1) is 16.4. The number of nitrogens with one attached hydrogen (secondary N) is 1. The van der Waals surface area contributed by atoms with Crippen molar-refractivity contribution in [3.05, 3.63) is 0 Å². The second-order valence-corrected chi connectivity index (χ2v) is 3.08. The smallest absolute Gasteiger partial charge is 0.324 e. The average molecular weight is 245 g/mol. The van der Waals surface area contributed by atoms with Gasteiger partial charge in [0, 0.05) is 6.54 Å². The Morgan fingerprint density at radius 1 is 1.50 bits per heavy atom. The maximum Gasteiger partial charge on any atom is 0.324 e. The van der Waals surface area contributed by atoms with Gasteiger partial charge in [-0.1, -0.05) is 0 Å². The maximum atomic E-state index is 11.2. The summed E-state index contributed by atoms with van der Waals surface area (Å²) in [6.45, 7) is 2.63. The summed E-state index contributed by atoms with van der Waals surface area (Å²) < 4.78 is 4.70. The summed E-state index contributed by atoms with van der Waals surface area (Å²) in [5.74, 6) is -0.146. The molecule has 86 valence electrons. The summed E-state index contributed by atoms with van der Waals surface area (Å²) in [5, 5.41) is 3.20. The van der Waals surface area contributed by atoms with Crippen LogP contribution in [0.2, 0.25) is 0 Å². The van der Waals surface area contributed by atoms with Gasteiger partial charge in [-0.15, -0.1) is 24.8 Å². The molecule has 1 saturated heterocycles. The highest BCUT2D eigenvalue weighted by molar-refractivity contribution is 5.85. The van der Waals surface area contributed by atoms with Crippen molar-refractivity contribution in [2.24, 2.45) is 0 Å². The fourth-order valence-electron chi connectivity index (χ4n) is 1.40. The maximum absolute atomic E-state index is 11.2. The molecule has 6 heteroatoms. The van der Waals surface area contributed by atoms with E-state index in [1.54, 1.807) is 0 Å². The van der Waals surface area contributed by atoms with E-state index in [1.165, 1.54) is 7.11 Å². The Morgan fingerprint density at radius 3 is 2.71 bits per heavy atom. The van der Waals surface area contributed by atoms with Gasteiger partial charge in [-0.05, 0) is 26.6 Å². The minimum absolute atomic E-state index is 0. The summed E-state index contributed by atoms with van der Waals surface area (Å²) >= 11 is 0. The molecule has 0 spiro atoms. The third-order valence-electron chi connectivity index (χ3n) is 2.21. The molecule has 1 aliphatic rings. The van der Waals surface area contributed by atoms with Gasteiger partial charge >= 0.3 is 5.97 Å². The lowest BCUT2D eigenvalue weighted by molar-refractivity contribution is -0.146. The molecule has 1 unspecified atom stereocenters. The molecule has 0 aromatic rings. The van der Waals surface area contributed by atoms with E-state index < -0.39 is 0 Å². The number of likely N-dealkylation sites (N-methyl/N-ethyl adjacent to an activating group) is 1. The molecular weight excluding hydrogens is 227 g/mol. The Bertz CT molecular complexity index is 169. The minimum atomic E-state index is -0.146. The molecule has 1 heterocycles. The van der Waals surface area contributed by atoms with Crippen LogP contribution in [0.4, 0.5) is 0 Å². The number of nitrogens with zero attached hydrogens (tertiary/aromatic N) is 1. The topological polar surface area (TPSA) is 41.6 Å². The minimum Gasteiger partial charge on any atom is -0.468 e. The van der Waals surface area contributed by atoms with E-state index in [1.807, 2.05) is 11.9 Å². The highest BCUT2D eigenvalue weighted by atomic mass is 35.5. The number of hydrogen-bond donors (Lipinski definition) is 1.